The number of carbonyl (C=O) groups is 1. The zero-order valence-electron chi connectivity index (χ0n) is 13.7. The molecule has 1 aromatic rings. The molecule has 0 aromatic heterocycles. The van der Waals surface area contributed by atoms with Crippen molar-refractivity contribution in [1.82, 2.24) is 10.6 Å². The van der Waals surface area contributed by atoms with Crippen molar-refractivity contribution in [1.29, 1.82) is 0 Å². The molecule has 2 atom stereocenters. The SMILES string of the molecule is CC(C)CC(CO)NC(=O)NC(C)CCc1ccc(O)cc1. The Morgan fingerprint density at radius 2 is 1.77 bits per heavy atom. The number of aromatic hydroxyl groups is 1. The zero-order valence-corrected chi connectivity index (χ0v) is 13.7. The van der Waals surface area contributed by atoms with Gasteiger partial charge < -0.3 is 20.8 Å². The molecule has 0 heterocycles. The summed E-state index contributed by atoms with van der Waals surface area (Å²) in [7, 11) is 0. The van der Waals surface area contributed by atoms with E-state index in [2.05, 4.69) is 24.5 Å². The molecule has 0 aliphatic rings. The number of rotatable bonds is 8. The van der Waals surface area contributed by atoms with Crippen molar-refractivity contribution in [2.75, 3.05) is 6.61 Å². The van der Waals surface area contributed by atoms with Gasteiger partial charge in [0.2, 0.25) is 0 Å². The second-order valence-electron chi connectivity index (χ2n) is 6.23. The van der Waals surface area contributed by atoms with Crippen molar-refractivity contribution in [2.45, 2.75) is 52.1 Å². The second-order valence-corrected chi connectivity index (χ2v) is 6.23. The molecule has 22 heavy (non-hydrogen) atoms. The molecule has 1 rings (SSSR count). The van der Waals surface area contributed by atoms with Gasteiger partial charge in [-0.15, -0.1) is 0 Å². The molecule has 2 unspecified atom stereocenters. The highest BCUT2D eigenvalue weighted by Gasteiger charge is 2.14. The first kappa shape index (κ1) is 18.3. The maximum atomic E-state index is 11.9. The highest BCUT2D eigenvalue weighted by molar-refractivity contribution is 5.74. The largest absolute Gasteiger partial charge is 0.508 e. The second kappa shape index (κ2) is 9.30. The van der Waals surface area contributed by atoms with E-state index in [1.165, 1.54) is 0 Å². The van der Waals surface area contributed by atoms with Crippen LogP contribution in [0.3, 0.4) is 0 Å². The minimum Gasteiger partial charge on any atom is -0.508 e. The van der Waals surface area contributed by atoms with Crippen LogP contribution >= 0.6 is 0 Å². The molecule has 1 aromatic carbocycles. The van der Waals surface area contributed by atoms with Gasteiger partial charge in [0.1, 0.15) is 5.75 Å². The molecule has 2 amide bonds. The summed E-state index contributed by atoms with van der Waals surface area (Å²) in [4.78, 5) is 11.9. The molecule has 5 nitrogen and oxygen atoms in total. The topological polar surface area (TPSA) is 81.6 Å². The zero-order chi connectivity index (χ0) is 16.5. The number of nitrogens with one attached hydrogen (secondary N) is 2. The summed E-state index contributed by atoms with van der Waals surface area (Å²) >= 11 is 0. The van der Waals surface area contributed by atoms with Crippen molar-refractivity contribution < 1.29 is 15.0 Å². The third-order valence-corrected chi connectivity index (χ3v) is 3.49. The van der Waals surface area contributed by atoms with Gasteiger partial charge in [-0.3, -0.25) is 0 Å². The minimum atomic E-state index is -0.238. The Bertz CT molecular complexity index is 446. The Balaban J connectivity index is 2.32. The van der Waals surface area contributed by atoms with Crippen molar-refractivity contribution in [3.8, 4) is 5.75 Å². The van der Waals surface area contributed by atoms with Gasteiger partial charge in [-0.25, -0.2) is 4.79 Å². The summed E-state index contributed by atoms with van der Waals surface area (Å²) in [5.41, 5.74) is 1.12. The van der Waals surface area contributed by atoms with E-state index in [-0.39, 0.29) is 30.5 Å². The molecule has 5 heteroatoms. The molecule has 0 saturated heterocycles. The van der Waals surface area contributed by atoms with Crippen LogP contribution in [-0.4, -0.2) is 34.9 Å². The van der Waals surface area contributed by atoms with Crippen LogP contribution in [0.4, 0.5) is 4.79 Å². The first-order valence-corrected chi connectivity index (χ1v) is 7.86. The van der Waals surface area contributed by atoms with Crippen molar-refractivity contribution >= 4 is 6.03 Å². The number of aryl methyl sites for hydroxylation is 1. The molecule has 0 spiro atoms. The summed E-state index contributed by atoms with van der Waals surface area (Å²) < 4.78 is 0. The fourth-order valence-corrected chi connectivity index (χ4v) is 2.32. The number of aliphatic hydroxyl groups excluding tert-OH is 1. The number of benzene rings is 1. The van der Waals surface area contributed by atoms with Crippen LogP contribution in [0.5, 0.6) is 5.75 Å². The average molecular weight is 308 g/mol. The predicted octanol–water partition coefficient (Wildman–Crippen LogP) is 2.42. The third-order valence-electron chi connectivity index (χ3n) is 3.49. The summed E-state index contributed by atoms with van der Waals surface area (Å²) in [5, 5.41) is 24.2. The number of hydrogen-bond donors (Lipinski definition) is 4. The van der Waals surface area contributed by atoms with Gasteiger partial charge in [0, 0.05) is 6.04 Å². The molecule has 0 saturated carbocycles. The number of aliphatic hydroxyl groups is 1. The third kappa shape index (κ3) is 7.31. The van der Waals surface area contributed by atoms with Crippen LogP contribution in [-0.2, 0) is 6.42 Å². The van der Waals surface area contributed by atoms with Gasteiger partial charge >= 0.3 is 6.03 Å². The maximum absolute atomic E-state index is 11.9. The van der Waals surface area contributed by atoms with E-state index < -0.39 is 0 Å². The lowest BCUT2D eigenvalue weighted by Gasteiger charge is -2.21. The first-order chi connectivity index (χ1) is 10.4. The highest BCUT2D eigenvalue weighted by atomic mass is 16.3. The Kier molecular flexibility index (Phi) is 7.74. The molecule has 4 N–H and O–H groups in total. The van der Waals surface area contributed by atoms with Crippen LogP contribution in [0.2, 0.25) is 0 Å². The summed E-state index contributed by atoms with van der Waals surface area (Å²) in [6, 6.07) is 6.68. The highest BCUT2D eigenvalue weighted by Crippen LogP contribution is 2.12. The molecule has 124 valence electrons. The van der Waals surface area contributed by atoms with E-state index in [0.29, 0.717) is 5.92 Å². The van der Waals surface area contributed by atoms with Crippen LogP contribution < -0.4 is 10.6 Å². The Hall–Kier alpha value is -1.75. The van der Waals surface area contributed by atoms with E-state index in [1.54, 1.807) is 12.1 Å². The molecule has 0 bridgehead atoms. The molecule has 0 fully saturated rings. The fourth-order valence-electron chi connectivity index (χ4n) is 2.32. The minimum absolute atomic E-state index is 0.0344. The van der Waals surface area contributed by atoms with Crippen LogP contribution in [0.1, 0.15) is 39.2 Å². The van der Waals surface area contributed by atoms with Crippen molar-refractivity contribution in [2.24, 2.45) is 5.92 Å². The number of hydrogen-bond acceptors (Lipinski definition) is 3. The van der Waals surface area contributed by atoms with Crippen LogP contribution in [0.25, 0.3) is 0 Å². The lowest BCUT2D eigenvalue weighted by Crippen LogP contribution is -2.47. The van der Waals surface area contributed by atoms with Crippen LogP contribution in [0, 0.1) is 5.92 Å². The van der Waals surface area contributed by atoms with E-state index in [9.17, 15) is 15.0 Å². The average Bonchev–Trinajstić information content (AvgIpc) is 2.45. The van der Waals surface area contributed by atoms with E-state index in [0.717, 1.165) is 24.8 Å². The first-order valence-electron chi connectivity index (χ1n) is 7.86. The number of urea groups is 1. The lowest BCUT2D eigenvalue weighted by molar-refractivity contribution is 0.204. The summed E-state index contributed by atoms with van der Waals surface area (Å²) in [5.74, 6) is 0.680. The van der Waals surface area contributed by atoms with Gasteiger partial charge in [0.25, 0.3) is 0 Å². The smallest absolute Gasteiger partial charge is 0.315 e. The van der Waals surface area contributed by atoms with Gasteiger partial charge in [-0.2, -0.15) is 0 Å². The van der Waals surface area contributed by atoms with Crippen molar-refractivity contribution in [3.63, 3.8) is 0 Å². The lowest BCUT2D eigenvalue weighted by atomic mass is 10.0. The number of amides is 2. The van der Waals surface area contributed by atoms with E-state index in [1.807, 2.05) is 19.1 Å². The maximum Gasteiger partial charge on any atom is 0.315 e. The monoisotopic (exact) mass is 308 g/mol. The molecule has 0 radical (unpaired) electrons. The van der Waals surface area contributed by atoms with Crippen LogP contribution in [0.15, 0.2) is 24.3 Å². The number of carbonyl (C=O) groups excluding carboxylic acids is 1. The molecule has 0 aliphatic heterocycles. The van der Waals surface area contributed by atoms with Gasteiger partial charge in [-0.05, 0) is 49.8 Å². The Morgan fingerprint density at radius 3 is 2.32 bits per heavy atom. The number of phenolic OH excluding ortho intramolecular Hbond substituents is 1. The van der Waals surface area contributed by atoms with Gasteiger partial charge in [0.05, 0.1) is 12.6 Å². The van der Waals surface area contributed by atoms with E-state index in [4.69, 9.17) is 0 Å². The standard InChI is InChI=1S/C17H28N2O3/c1-12(2)10-15(11-20)19-17(22)18-13(3)4-5-14-6-8-16(21)9-7-14/h6-9,12-13,15,20-21H,4-5,10-11H2,1-3H3,(H2,18,19,22). The normalized spacial score (nSPS) is 13.7. The predicted molar refractivity (Wildman–Crippen MR) is 87.9 cm³/mol. The van der Waals surface area contributed by atoms with Gasteiger partial charge in [-0.1, -0.05) is 26.0 Å². The Morgan fingerprint density at radius 1 is 1.14 bits per heavy atom. The van der Waals surface area contributed by atoms with E-state index >= 15 is 0 Å². The summed E-state index contributed by atoms with van der Waals surface area (Å²) in [6.07, 6.45) is 2.40. The van der Waals surface area contributed by atoms with Crippen molar-refractivity contribution in [3.05, 3.63) is 29.8 Å². The summed E-state index contributed by atoms with van der Waals surface area (Å²) in [6.45, 7) is 6.02. The molecular weight excluding hydrogens is 280 g/mol. The number of phenols is 1. The molecular formula is C17H28N2O3. The fraction of sp³-hybridized carbons (Fsp3) is 0.588. The Labute approximate surface area is 132 Å². The molecule has 0 aliphatic carbocycles. The van der Waals surface area contributed by atoms with Gasteiger partial charge in [0.15, 0.2) is 0 Å². The quantitative estimate of drug-likeness (QED) is 0.595.